The number of nitrogens with zero attached hydrogens (tertiary/aromatic N) is 1. The van der Waals surface area contributed by atoms with Gasteiger partial charge in [-0.3, -0.25) is 4.79 Å². The van der Waals surface area contributed by atoms with Crippen LogP contribution in [0.15, 0.2) is 54.6 Å². The molecule has 0 bridgehead atoms. The molecule has 0 aliphatic heterocycles. The second-order valence-corrected chi connectivity index (χ2v) is 5.12. The second kappa shape index (κ2) is 7.02. The van der Waals surface area contributed by atoms with Gasteiger partial charge in [-0.15, -0.1) is 0 Å². The molecular formula is C18H20FNO. The van der Waals surface area contributed by atoms with Gasteiger partial charge in [0.1, 0.15) is 5.82 Å². The third-order valence-electron chi connectivity index (χ3n) is 3.58. The van der Waals surface area contributed by atoms with Crippen LogP contribution in [0.2, 0.25) is 0 Å². The van der Waals surface area contributed by atoms with Crippen molar-refractivity contribution in [2.24, 2.45) is 5.92 Å². The molecule has 21 heavy (non-hydrogen) atoms. The molecule has 2 aromatic carbocycles. The van der Waals surface area contributed by atoms with Crippen molar-refractivity contribution in [2.75, 3.05) is 18.0 Å². The second-order valence-electron chi connectivity index (χ2n) is 5.12. The number of Topliss-reactive ketones (excluding diaryl/α,β-unsaturated/α-hetero) is 1. The highest BCUT2D eigenvalue weighted by Gasteiger charge is 2.19. The van der Waals surface area contributed by atoms with Crippen LogP contribution in [0.3, 0.4) is 0 Å². The van der Waals surface area contributed by atoms with E-state index >= 15 is 0 Å². The minimum absolute atomic E-state index is 0.0883. The van der Waals surface area contributed by atoms with E-state index in [9.17, 15) is 9.18 Å². The molecule has 0 saturated carbocycles. The molecule has 1 atom stereocenters. The van der Waals surface area contributed by atoms with E-state index in [1.165, 1.54) is 6.07 Å². The third-order valence-corrected chi connectivity index (χ3v) is 3.58. The molecule has 0 N–H and O–H groups in total. The van der Waals surface area contributed by atoms with Gasteiger partial charge in [0.15, 0.2) is 5.78 Å². The van der Waals surface area contributed by atoms with Gasteiger partial charge in [-0.25, -0.2) is 4.39 Å². The Morgan fingerprint density at radius 3 is 2.33 bits per heavy atom. The maximum absolute atomic E-state index is 13.9. The normalized spacial score (nSPS) is 12.0. The summed E-state index contributed by atoms with van der Waals surface area (Å²) in [7, 11) is 0. The number of para-hydroxylation sites is 1. The van der Waals surface area contributed by atoms with Crippen LogP contribution >= 0.6 is 0 Å². The summed E-state index contributed by atoms with van der Waals surface area (Å²) >= 11 is 0. The molecule has 0 heterocycles. The quantitative estimate of drug-likeness (QED) is 0.742. The Bertz CT molecular complexity index is 597. The highest BCUT2D eigenvalue weighted by atomic mass is 19.1. The molecule has 0 fully saturated rings. The maximum Gasteiger partial charge on any atom is 0.167 e. The van der Waals surface area contributed by atoms with Crippen molar-refractivity contribution in [3.05, 3.63) is 66.0 Å². The van der Waals surface area contributed by atoms with Crippen LogP contribution in [0.25, 0.3) is 0 Å². The first-order valence-electron chi connectivity index (χ1n) is 7.22. The number of carbonyl (C=O) groups excluding carboxylic acids is 1. The van der Waals surface area contributed by atoms with E-state index in [2.05, 4.69) is 0 Å². The number of ketones is 1. The number of hydrogen-bond acceptors (Lipinski definition) is 2. The summed E-state index contributed by atoms with van der Waals surface area (Å²) in [6.07, 6.45) is 0. The number of halogens is 1. The first-order chi connectivity index (χ1) is 10.1. The maximum atomic E-state index is 13.9. The molecule has 2 rings (SSSR count). The van der Waals surface area contributed by atoms with E-state index in [0.717, 1.165) is 0 Å². The third kappa shape index (κ3) is 3.69. The molecular weight excluding hydrogens is 265 g/mol. The lowest BCUT2D eigenvalue weighted by Gasteiger charge is -2.26. The summed E-state index contributed by atoms with van der Waals surface area (Å²) in [5.74, 6) is -0.351. The summed E-state index contributed by atoms with van der Waals surface area (Å²) in [5.41, 5.74) is 1.25. The molecule has 1 unspecified atom stereocenters. The Morgan fingerprint density at radius 1 is 1.10 bits per heavy atom. The van der Waals surface area contributed by atoms with Crippen LogP contribution in [-0.4, -0.2) is 18.9 Å². The lowest BCUT2D eigenvalue weighted by atomic mass is 9.98. The monoisotopic (exact) mass is 285 g/mol. The van der Waals surface area contributed by atoms with Crippen LogP contribution in [0.5, 0.6) is 0 Å². The van der Waals surface area contributed by atoms with Crippen LogP contribution < -0.4 is 4.90 Å². The molecule has 0 aromatic heterocycles. The SMILES string of the molecule is CCN(CC(C)C(=O)c1ccccc1)c1ccccc1F. The molecule has 0 radical (unpaired) electrons. The zero-order valence-electron chi connectivity index (χ0n) is 12.4. The predicted molar refractivity (Wildman–Crippen MR) is 84.2 cm³/mol. The van der Waals surface area contributed by atoms with E-state index in [4.69, 9.17) is 0 Å². The lowest BCUT2D eigenvalue weighted by Crippen LogP contribution is -2.32. The first-order valence-corrected chi connectivity index (χ1v) is 7.22. The van der Waals surface area contributed by atoms with E-state index in [1.54, 1.807) is 12.1 Å². The van der Waals surface area contributed by atoms with Crippen LogP contribution in [0.4, 0.5) is 10.1 Å². The summed E-state index contributed by atoms with van der Waals surface area (Å²) in [4.78, 5) is 14.3. The van der Waals surface area contributed by atoms with Crippen LogP contribution in [-0.2, 0) is 0 Å². The van der Waals surface area contributed by atoms with Crippen molar-refractivity contribution in [3.63, 3.8) is 0 Å². The van der Waals surface area contributed by atoms with Gasteiger partial charge < -0.3 is 4.90 Å². The van der Waals surface area contributed by atoms with Crippen molar-refractivity contribution >= 4 is 11.5 Å². The molecule has 2 nitrogen and oxygen atoms in total. The first kappa shape index (κ1) is 15.2. The summed E-state index contributed by atoms with van der Waals surface area (Å²) in [5, 5.41) is 0. The van der Waals surface area contributed by atoms with E-state index in [-0.39, 0.29) is 17.5 Å². The highest BCUT2D eigenvalue weighted by molar-refractivity contribution is 5.97. The lowest BCUT2D eigenvalue weighted by molar-refractivity contribution is 0.0933. The zero-order chi connectivity index (χ0) is 15.2. The molecule has 0 amide bonds. The van der Waals surface area contributed by atoms with Gasteiger partial charge >= 0.3 is 0 Å². The number of hydrogen-bond donors (Lipinski definition) is 0. The van der Waals surface area contributed by atoms with E-state index in [0.29, 0.717) is 24.3 Å². The Hall–Kier alpha value is -2.16. The van der Waals surface area contributed by atoms with Gasteiger partial charge in [0, 0.05) is 24.6 Å². The minimum Gasteiger partial charge on any atom is -0.369 e. The van der Waals surface area contributed by atoms with E-state index < -0.39 is 0 Å². The summed E-state index contributed by atoms with van der Waals surface area (Å²) in [6.45, 7) is 5.02. The Morgan fingerprint density at radius 2 is 1.71 bits per heavy atom. The molecule has 2 aromatic rings. The fourth-order valence-electron chi connectivity index (χ4n) is 2.41. The number of benzene rings is 2. The Kier molecular flexibility index (Phi) is 5.09. The van der Waals surface area contributed by atoms with Gasteiger partial charge in [0.25, 0.3) is 0 Å². The molecule has 0 spiro atoms. The minimum atomic E-state index is -0.251. The molecule has 0 aliphatic carbocycles. The van der Waals surface area contributed by atoms with Gasteiger partial charge in [-0.2, -0.15) is 0 Å². The largest absolute Gasteiger partial charge is 0.369 e. The van der Waals surface area contributed by atoms with E-state index in [1.807, 2.05) is 55.1 Å². The van der Waals surface area contributed by atoms with Crippen LogP contribution in [0.1, 0.15) is 24.2 Å². The molecule has 3 heteroatoms. The fourth-order valence-corrected chi connectivity index (χ4v) is 2.41. The smallest absolute Gasteiger partial charge is 0.167 e. The Labute approximate surface area is 125 Å². The number of rotatable bonds is 6. The number of anilines is 1. The molecule has 0 saturated heterocycles. The standard InChI is InChI=1S/C18H20FNO/c1-3-20(17-12-8-7-11-16(17)19)13-14(2)18(21)15-9-5-4-6-10-15/h4-12,14H,3,13H2,1-2H3. The van der Waals surface area contributed by atoms with Crippen molar-refractivity contribution in [1.82, 2.24) is 0 Å². The van der Waals surface area contributed by atoms with Gasteiger partial charge in [-0.05, 0) is 19.1 Å². The van der Waals surface area contributed by atoms with Crippen molar-refractivity contribution in [1.29, 1.82) is 0 Å². The molecule has 110 valence electrons. The summed E-state index contributed by atoms with van der Waals surface area (Å²) in [6, 6.07) is 15.9. The van der Waals surface area contributed by atoms with Crippen molar-refractivity contribution < 1.29 is 9.18 Å². The van der Waals surface area contributed by atoms with Gasteiger partial charge in [0.2, 0.25) is 0 Å². The van der Waals surface area contributed by atoms with Crippen LogP contribution in [0, 0.1) is 11.7 Å². The molecule has 0 aliphatic rings. The average Bonchev–Trinajstić information content (AvgIpc) is 2.53. The average molecular weight is 285 g/mol. The Balaban J connectivity index is 2.12. The highest BCUT2D eigenvalue weighted by Crippen LogP contribution is 2.20. The van der Waals surface area contributed by atoms with Crippen molar-refractivity contribution in [3.8, 4) is 0 Å². The predicted octanol–water partition coefficient (Wildman–Crippen LogP) is 4.17. The van der Waals surface area contributed by atoms with Gasteiger partial charge in [-0.1, -0.05) is 49.4 Å². The van der Waals surface area contributed by atoms with Crippen molar-refractivity contribution in [2.45, 2.75) is 13.8 Å². The fraction of sp³-hybridized carbons (Fsp3) is 0.278. The number of carbonyl (C=O) groups is 1. The van der Waals surface area contributed by atoms with Gasteiger partial charge in [0.05, 0.1) is 5.69 Å². The topological polar surface area (TPSA) is 20.3 Å². The zero-order valence-corrected chi connectivity index (χ0v) is 12.4. The summed E-state index contributed by atoms with van der Waals surface area (Å²) < 4.78 is 13.9.